The van der Waals surface area contributed by atoms with Crippen molar-refractivity contribution in [1.82, 2.24) is 9.80 Å². The van der Waals surface area contributed by atoms with Crippen molar-refractivity contribution >= 4 is 15.7 Å². The first-order valence-corrected chi connectivity index (χ1v) is 12.2. The van der Waals surface area contributed by atoms with Gasteiger partial charge in [0.1, 0.15) is 0 Å². The minimum absolute atomic E-state index is 0.116. The monoisotopic (exact) mass is 412 g/mol. The molecule has 1 amide bonds. The number of rotatable bonds is 5. The van der Waals surface area contributed by atoms with Crippen LogP contribution in [0.2, 0.25) is 0 Å². The Hall–Kier alpha value is -2.18. The fourth-order valence-electron chi connectivity index (χ4n) is 4.42. The summed E-state index contributed by atoms with van der Waals surface area (Å²) in [7, 11) is -3.20. The highest BCUT2D eigenvalue weighted by atomic mass is 32.2. The molecule has 154 valence electrons. The van der Waals surface area contributed by atoms with E-state index in [0.29, 0.717) is 10.9 Å². The SMILES string of the molecule is CS(=O)(=O)c1ccc(-c2ccc(C(=O)N3CCCC3CN3CCCC3)cc2)cc1. The molecule has 2 saturated heterocycles. The number of likely N-dealkylation sites (tertiary alicyclic amines) is 2. The largest absolute Gasteiger partial charge is 0.334 e. The summed E-state index contributed by atoms with van der Waals surface area (Å²) in [5.74, 6) is 0.116. The van der Waals surface area contributed by atoms with Crippen LogP contribution in [0.1, 0.15) is 36.0 Å². The van der Waals surface area contributed by atoms with Gasteiger partial charge in [-0.2, -0.15) is 0 Å². The van der Waals surface area contributed by atoms with E-state index in [1.165, 1.54) is 19.1 Å². The molecule has 1 atom stereocenters. The zero-order valence-corrected chi connectivity index (χ0v) is 17.7. The van der Waals surface area contributed by atoms with Crippen molar-refractivity contribution in [2.24, 2.45) is 0 Å². The molecule has 2 heterocycles. The van der Waals surface area contributed by atoms with Crippen LogP contribution < -0.4 is 0 Å². The summed E-state index contributed by atoms with van der Waals surface area (Å²) in [5.41, 5.74) is 2.62. The molecule has 0 bridgehead atoms. The summed E-state index contributed by atoms with van der Waals surface area (Å²) in [6, 6.07) is 14.8. The van der Waals surface area contributed by atoms with Crippen LogP contribution in [0, 0.1) is 0 Å². The van der Waals surface area contributed by atoms with Crippen molar-refractivity contribution in [2.75, 3.05) is 32.4 Å². The number of sulfone groups is 1. The Morgan fingerprint density at radius 3 is 2.07 bits per heavy atom. The Bertz CT molecular complexity index is 962. The standard InChI is InChI=1S/C23H28N2O3S/c1-29(27,28)22-12-10-19(11-13-22)18-6-8-20(9-7-18)23(26)25-16-4-5-21(25)17-24-14-2-3-15-24/h6-13,21H,2-5,14-17H2,1H3. The lowest BCUT2D eigenvalue weighted by molar-refractivity contribution is 0.0709. The highest BCUT2D eigenvalue weighted by Crippen LogP contribution is 2.25. The Morgan fingerprint density at radius 2 is 1.48 bits per heavy atom. The van der Waals surface area contributed by atoms with Crippen LogP contribution >= 0.6 is 0 Å². The molecule has 2 aliphatic heterocycles. The number of amides is 1. The molecule has 0 radical (unpaired) electrons. The highest BCUT2D eigenvalue weighted by molar-refractivity contribution is 7.90. The first-order valence-electron chi connectivity index (χ1n) is 10.4. The maximum Gasteiger partial charge on any atom is 0.254 e. The number of benzene rings is 2. The molecule has 2 aromatic carbocycles. The van der Waals surface area contributed by atoms with E-state index in [2.05, 4.69) is 4.90 Å². The number of hydrogen-bond donors (Lipinski definition) is 0. The van der Waals surface area contributed by atoms with Gasteiger partial charge in [-0.15, -0.1) is 0 Å². The summed E-state index contributed by atoms with van der Waals surface area (Å²) < 4.78 is 23.2. The molecule has 2 aliphatic rings. The number of hydrogen-bond acceptors (Lipinski definition) is 4. The van der Waals surface area contributed by atoms with Crippen molar-refractivity contribution in [3.05, 3.63) is 54.1 Å². The molecule has 0 aliphatic carbocycles. The van der Waals surface area contributed by atoms with E-state index in [9.17, 15) is 13.2 Å². The molecule has 4 rings (SSSR count). The van der Waals surface area contributed by atoms with Crippen molar-refractivity contribution in [1.29, 1.82) is 0 Å². The normalized spacial score (nSPS) is 20.3. The number of carbonyl (C=O) groups excluding carboxylic acids is 1. The zero-order valence-electron chi connectivity index (χ0n) is 16.9. The van der Waals surface area contributed by atoms with E-state index >= 15 is 0 Å². The third-order valence-electron chi connectivity index (χ3n) is 6.05. The van der Waals surface area contributed by atoms with Gasteiger partial charge in [0.15, 0.2) is 9.84 Å². The molecule has 0 N–H and O–H groups in total. The minimum Gasteiger partial charge on any atom is -0.334 e. The lowest BCUT2D eigenvalue weighted by Crippen LogP contribution is -2.42. The average molecular weight is 413 g/mol. The minimum atomic E-state index is -3.20. The molecule has 5 nitrogen and oxygen atoms in total. The van der Waals surface area contributed by atoms with Gasteiger partial charge in [0.2, 0.25) is 0 Å². The van der Waals surface area contributed by atoms with Gasteiger partial charge in [0.25, 0.3) is 5.91 Å². The fraction of sp³-hybridized carbons (Fsp3) is 0.435. The zero-order chi connectivity index (χ0) is 20.4. The second-order valence-electron chi connectivity index (χ2n) is 8.18. The van der Waals surface area contributed by atoms with E-state index in [-0.39, 0.29) is 5.91 Å². The molecular formula is C23H28N2O3S. The number of nitrogens with zero attached hydrogens (tertiary/aromatic N) is 2. The van der Waals surface area contributed by atoms with E-state index in [1.54, 1.807) is 24.3 Å². The van der Waals surface area contributed by atoms with Gasteiger partial charge in [-0.05, 0) is 74.2 Å². The third-order valence-corrected chi connectivity index (χ3v) is 7.18. The van der Waals surface area contributed by atoms with Crippen LogP contribution in [-0.4, -0.2) is 62.6 Å². The van der Waals surface area contributed by atoms with Crippen molar-refractivity contribution in [3.63, 3.8) is 0 Å². The summed E-state index contributed by atoms with van der Waals surface area (Å²) >= 11 is 0. The van der Waals surface area contributed by atoms with Gasteiger partial charge in [-0.3, -0.25) is 4.79 Å². The average Bonchev–Trinajstić information content (AvgIpc) is 3.39. The van der Waals surface area contributed by atoms with Gasteiger partial charge in [-0.25, -0.2) is 8.42 Å². The Kier molecular flexibility index (Phi) is 5.74. The van der Waals surface area contributed by atoms with Crippen LogP contribution in [0.15, 0.2) is 53.4 Å². The van der Waals surface area contributed by atoms with Gasteiger partial charge in [0.05, 0.1) is 4.90 Å². The number of carbonyl (C=O) groups is 1. The highest BCUT2D eigenvalue weighted by Gasteiger charge is 2.31. The quantitative estimate of drug-likeness (QED) is 0.755. The second kappa shape index (κ2) is 8.28. The van der Waals surface area contributed by atoms with Crippen molar-refractivity contribution in [2.45, 2.75) is 36.6 Å². The van der Waals surface area contributed by atoms with Gasteiger partial charge < -0.3 is 9.80 Å². The molecule has 0 aromatic heterocycles. The van der Waals surface area contributed by atoms with Crippen LogP contribution in [-0.2, 0) is 9.84 Å². The maximum absolute atomic E-state index is 13.1. The molecule has 0 saturated carbocycles. The summed E-state index contributed by atoms with van der Waals surface area (Å²) in [4.78, 5) is 17.9. The van der Waals surface area contributed by atoms with E-state index < -0.39 is 9.84 Å². The predicted octanol–water partition coefficient (Wildman–Crippen LogP) is 3.46. The smallest absolute Gasteiger partial charge is 0.254 e. The summed E-state index contributed by atoms with van der Waals surface area (Å²) in [5, 5.41) is 0. The van der Waals surface area contributed by atoms with E-state index in [1.807, 2.05) is 29.2 Å². The molecule has 2 aromatic rings. The van der Waals surface area contributed by atoms with Crippen molar-refractivity contribution in [3.8, 4) is 11.1 Å². The van der Waals surface area contributed by atoms with Crippen molar-refractivity contribution < 1.29 is 13.2 Å². The van der Waals surface area contributed by atoms with Gasteiger partial charge in [0, 0.05) is 31.0 Å². The third kappa shape index (κ3) is 4.54. The predicted molar refractivity (Wildman–Crippen MR) is 115 cm³/mol. The Morgan fingerprint density at radius 1 is 0.897 bits per heavy atom. The molecule has 2 fully saturated rings. The molecule has 6 heteroatoms. The first kappa shape index (κ1) is 20.1. The molecule has 29 heavy (non-hydrogen) atoms. The van der Waals surface area contributed by atoms with E-state index in [0.717, 1.165) is 55.7 Å². The van der Waals surface area contributed by atoms with Crippen LogP contribution in [0.4, 0.5) is 0 Å². The molecule has 1 unspecified atom stereocenters. The van der Waals surface area contributed by atoms with Gasteiger partial charge in [-0.1, -0.05) is 24.3 Å². The summed E-state index contributed by atoms with van der Waals surface area (Å²) in [6.07, 6.45) is 5.92. The lowest BCUT2D eigenvalue weighted by atomic mass is 10.0. The Balaban J connectivity index is 1.46. The first-order chi connectivity index (χ1) is 13.9. The molecular weight excluding hydrogens is 384 g/mol. The lowest BCUT2D eigenvalue weighted by Gasteiger charge is -2.28. The topological polar surface area (TPSA) is 57.7 Å². The summed E-state index contributed by atoms with van der Waals surface area (Å²) in [6.45, 7) is 4.15. The maximum atomic E-state index is 13.1. The van der Waals surface area contributed by atoms with Gasteiger partial charge >= 0.3 is 0 Å². The van der Waals surface area contributed by atoms with Crippen LogP contribution in [0.25, 0.3) is 11.1 Å². The molecule has 0 spiro atoms. The van der Waals surface area contributed by atoms with E-state index in [4.69, 9.17) is 0 Å². The van der Waals surface area contributed by atoms with Crippen LogP contribution in [0.5, 0.6) is 0 Å². The van der Waals surface area contributed by atoms with Crippen LogP contribution in [0.3, 0.4) is 0 Å². The second-order valence-corrected chi connectivity index (χ2v) is 10.2. The Labute approximate surface area is 173 Å². The fourth-order valence-corrected chi connectivity index (χ4v) is 5.05.